The Labute approximate surface area is 205 Å². The Morgan fingerprint density at radius 1 is 0.657 bits per heavy atom. The first-order valence-electron chi connectivity index (χ1n) is 12.4. The van der Waals surface area contributed by atoms with Crippen molar-refractivity contribution in [3.05, 3.63) is 143 Å². The average molecular weight is 451 g/mol. The van der Waals surface area contributed by atoms with E-state index in [1.807, 2.05) is 6.20 Å². The largest absolute Gasteiger partial charge is 0.293 e. The molecule has 0 amide bonds. The van der Waals surface area contributed by atoms with Crippen LogP contribution >= 0.6 is 0 Å². The molecule has 2 heteroatoms. The topological polar surface area (TPSA) is 17.8 Å². The Hall–Kier alpha value is -4.17. The van der Waals surface area contributed by atoms with E-state index in [0.717, 1.165) is 5.82 Å². The van der Waals surface area contributed by atoms with Crippen LogP contribution in [0.1, 0.15) is 47.6 Å². The molecule has 3 heterocycles. The minimum atomic E-state index is -0.461. The number of nitrogens with zero attached hydrogens (tertiary/aromatic N) is 2. The van der Waals surface area contributed by atoms with Gasteiger partial charge in [-0.05, 0) is 40.3 Å². The Kier molecular flexibility index (Phi) is 4.28. The summed E-state index contributed by atoms with van der Waals surface area (Å²) in [6.07, 6.45) is 1.93. The van der Waals surface area contributed by atoms with E-state index in [1.54, 1.807) is 0 Å². The van der Waals surface area contributed by atoms with E-state index >= 15 is 0 Å². The lowest BCUT2D eigenvalue weighted by atomic mass is 9.63. The predicted octanol–water partition coefficient (Wildman–Crippen LogP) is 8.00. The van der Waals surface area contributed by atoms with Crippen LogP contribution < -0.4 is 0 Å². The van der Waals surface area contributed by atoms with E-state index in [2.05, 4.69) is 128 Å². The summed E-state index contributed by atoms with van der Waals surface area (Å²) in [5.41, 5.74) is 8.39. The van der Waals surface area contributed by atoms with Crippen molar-refractivity contribution in [3.63, 3.8) is 0 Å². The summed E-state index contributed by atoms with van der Waals surface area (Å²) in [6.45, 7) is 4.51. The van der Waals surface area contributed by atoms with Crippen LogP contribution in [0, 0.1) is 0 Å². The summed E-state index contributed by atoms with van der Waals surface area (Å²) in [6, 6.07) is 39.9. The molecule has 0 N–H and O–H groups in total. The predicted molar refractivity (Wildman–Crippen MR) is 145 cm³/mol. The lowest BCUT2D eigenvalue weighted by molar-refractivity contribution is 0.718. The molecular weight excluding hydrogens is 424 g/mol. The smallest absolute Gasteiger partial charge is 0.142 e. The number of hydrogen-bond donors (Lipinski definition) is 0. The Bertz CT molecular complexity index is 1670. The maximum Gasteiger partial charge on any atom is 0.142 e. The Balaban J connectivity index is 1.75. The summed E-state index contributed by atoms with van der Waals surface area (Å²) in [5.74, 6) is 1.48. The van der Waals surface area contributed by atoms with Crippen molar-refractivity contribution in [1.82, 2.24) is 9.55 Å². The highest BCUT2D eigenvalue weighted by atomic mass is 15.1. The van der Waals surface area contributed by atoms with Gasteiger partial charge >= 0.3 is 0 Å². The monoisotopic (exact) mass is 450 g/mol. The minimum Gasteiger partial charge on any atom is -0.293 e. The molecule has 6 aromatic rings. The van der Waals surface area contributed by atoms with Gasteiger partial charge in [0.25, 0.3) is 0 Å². The second kappa shape index (κ2) is 7.41. The van der Waals surface area contributed by atoms with Crippen LogP contribution in [0.15, 0.2) is 115 Å². The molecule has 2 nitrogen and oxygen atoms in total. The number of pyridine rings is 1. The molecule has 0 atom stereocenters. The first-order valence-corrected chi connectivity index (χ1v) is 12.4. The number of para-hydroxylation sites is 1. The fourth-order valence-electron chi connectivity index (χ4n) is 6.14. The van der Waals surface area contributed by atoms with Crippen LogP contribution in [-0.2, 0) is 5.41 Å². The van der Waals surface area contributed by atoms with E-state index in [9.17, 15) is 0 Å². The van der Waals surface area contributed by atoms with E-state index < -0.39 is 5.41 Å². The molecule has 7 rings (SSSR count). The van der Waals surface area contributed by atoms with Gasteiger partial charge in [0.05, 0.1) is 16.4 Å². The number of fused-ring (bicyclic) bond motifs is 5. The molecular formula is C33H26N2. The summed E-state index contributed by atoms with van der Waals surface area (Å²) < 4.78 is 2.41. The summed E-state index contributed by atoms with van der Waals surface area (Å²) in [5, 5.41) is 2.56. The van der Waals surface area contributed by atoms with Gasteiger partial charge in [-0.25, -0.2) is 4.98 Å². The van der Waals surface area contributed by atoms with Gasteiger partial charge in [-0.2, -0.15) is 0 Å². The quantitative estimate of drug-likeness (QED) is 0.267. The van der Waals surface area contributed by atoms with Gasteiger partial charge in [-0.3, -0.25) is 4.57 Å². The van der Waals surface area contributed by atoms with E-state index in [0.29, 0.717) is 5.92 Å². The zero-order valence-electron chi connectivity index (χ0n) is 19.9. The highest BCUT2D eigenvalue weighted by Crippen LogP contribution is 2.53. The molecule has 4 aromatic carbocycles. The molecule has 0 fully saturated rings. The Morgan fingerprint density at radius 3 is 2.03 bits per heavy atom. The third-order valence-electron chi connectivity index (χ3n) is 7.70. The highest BCUT2D eigenvalue weighted by Gasteiger charge is 2.45. The van der Waals surface area contributed by atoms with Crippen molar-refractivity contribution >= 4 is 21.8 Å². The van der Waals surface area contributed by atoms with Crippen LogP contribution in [-0.4, -0.2) is 9.55 Å². The maximum absolute atomic E-state index is 5.05. The molecule has 1 aliphatic heterocycles. The van der Waals surface area contributed by atoms with Gasteiger partial charge in [0.15, 0.2) is 0 Å². The van der Waals surface area contributed by atoms with Crippen LogP contribution in [0.4, 0.5) is 0 Å². The normalized spacial score (nSPS) is 13.9. The summed E-state index contributed by atoms with van der Waals surface area (Å²) in [4.78, 5) is 5.05. The molecule has 0 bridgehead atoms. The van der Waals surface area contributed by atoms with Crippen molar-refractivity contribution in [2.75, 3.05) is 0 Å². The average Bonchev–Trinajstić information content (AvgIpc) is 3.25. The lowest BCUT2D eigenvalue weighted by Crippen LogP contribution is -2.35. The molecule has 0 unspecified atom stereocenters. The fraction of sp³-hybridized carbons (Fsp3) is 0.121. The first-order chi connectivity index (χ1) is 17.2. The summed E-state index contributed by atoms with van der Waals surface area (Å²) >= 11 is 0. The van der Waals surface area contributed by atoms with Gasteiger partial charge in [-0.1, -0.05) is 111 Å². The van der Waals surface area contributed by atoms with Gasteiger partial charge in [0, 0.05) is 22.5 Å². The third kappa shape index (κ3) is 2.62. The van der Waals surface area contributed by atoms with E-state index in [1.165, 1.54) is 49.6 Å². The van der Waals surface area contributed by atoms with Crippen molar-refractivity contribution < 1.29 is 0 Å². The van der Waals surface area contributed by atoms with Crippen LogP contribution in [0.2, 0.25) is 0 Å². The number of benzene rings is 4. The maximum atomic E-state index is 5.05. The van der Waals surface area contributed by atoms with Crippen molar-refractivity contribution in [2.24, 2.45) is 0 Å². The first kappa shape index (κ1) is 20.2. The molecule has 0 radical (unpaired) electrons. The van der Waals surface area contributed by atoms with Crippen LogP contribution in [0.5, 0.6) is 0 Å². The molecule has 168 valence electrons. The number of rotatable bonds is 3. The van der Waals surface area contributed by atoms with Gasteiger partial charge in [-0.15, -0.1) is 0 Å². The van der Waals surface area contributed by atoms with Gasteiger partial charge in [0.2, 0.25) is 0 Å². The zero-order valence-corrected chi connectivity index (χ0v) is 19.9. The molecule has 0 saturated carbocycles. The highest BCUT2D eigenvalue weighted by molar-refractivity contribution is 6.12. The molecule has 0 spiro atoms. The molecule has 0 saturated heterocycles. The third-order valence-corrected chi connectivity index (χ3v) is 7.70. The van der Waals surface area contributed by atoms with E-state index in [4.69, 9.17) is 4.98 Å². The van der Waals surface area contributed by atoms with Gasteiger partial charge in [0.1, 0.15) is 5.82 Å². The van der Waals surface area contributed by atoms with Crippen molar-refractivity contribution in [1.29, 1.82) is 0 Å². The molecule has 2 aromatic heterocycles. The van der Waals surface area contributed by atoms with E-state index in [-0.39, 0.29) is 0 Å². The SMILES string of the molecule is CC(C)c1ccc2c3cccc4c3n(c2c1)-c1ncccc1C4(c1ccccc1)c1ccccc1. The van der Waals surface area contributed by atoms with Gasteiger partial charge < -0.3 is 0 Å². The molecule has 35 heavy (non-hydrogen) atoms. The zero-order chi connectivity index (χ0) is 23.6. The fourth-order valence-corrected chi connectivity index (χ4v) is 6.14. The molecule has 0 aliphatic carbocycles. The van der Waals surface area contributed by atoms with Crippen molar-refractivity contribution in [2.45, 2.75) is 25.2 Å². The standard InChI is InChI=1S/C33H26N2/c1-22(2)23-18-19-26-27-15-9-16-28-31(27)35(30(26)21-23)32-29(17-10-20-34-32)33(28,24-11-5-3-6-12-24)25-13-7-4-8-14-25/h3-22H,1-2H3. The summed E-state index contributed by atoms with van der Waals surface area (Å²) in [7, 11) is 0. The number of hydrogen-bond acceptors (Lipinski definition) is 1. The second-order valence-electron chi connectivity index (χ2n) is 9.83. The van der Waals surface area contributed by atoms with Crippen LogP contribution in [0.3, 0.4) is 0 Å². The molecule has 1 aliphatic rings. The lowest BCUT2D eigenvalue weighted by Gasteiger charge is -2.41. The minimum absolute atomic E-state index is 0.461. The second-order valence-corrected chi connectivity index (χ2v) is 9.83. The Morgan fingerprint density at radius 2 is 1.34 bits per heavy atom. The van der Waals surface area contributed by atoms with Crippen molar-refractivity contribution in [3.8, 4) is 5.82 Å². The van der Waals surface area contributed by atoms with Crippen LogP contribution in [0.25, 0.3) is 27.6 Å². The number of aromatic nitrogens is 2.